The molecule has 1 aliphatic heterocycles. The van der Waals surface area contributed by atoms with E-state index in [1.54, 1.807) is 10.3 Å². The van der Waals surface area contributed by atoms with Gasteiger partial charge in [-0.2, -0.15) is 0 Å². The van der Waals surface area contributed by atoms with Crippen LogP contribution in [0.25, 0.3) is 21.0 Å². The summed E-state index contributed by atoms with van der Waals surface area (Å²) in [6, 6.07) is 10.9. The average Bonchev–Trinajstić information content (AvgIpc) is 3.51. The van der Waals surface area contributed by atoms with Crippen LogP contribution in [0, 0.1) is 6.92 Å². The summed E-state index contributed by atoms with van der Waals surface area (Å²) >= 11 is 2.78. The van der Waals surface area contributed by atoms with E-state index in [9.17, 15) is 9.59 Å². The minimum atomic E-state index is -0.527. The molecule has 0 saturated carbocycles. The Morgan fingerprint density at radius 1 is 1.20 bits per heavy atom. The summed E-state index contributed by atoms with van der Waals surface area (Å²) in [7, 11) is 0. The summed E-state index contributed by atoms with van der Waals surface area (Å²) in [5, 5.41) is 5.80. The molecule has 1 unspecified atom stereocenters. The third-order valence-electron chi connectivity index (χ3n) is 5.01. The molecular weight excluding hydrogens is 420 g/mol. The number of benzene rings is 1. The van der Waals surface area contributed by atoms with Gasteiger partial charge in [-0.15, -0.1) is 11.3 Å². The standard InChI is InChI=1S/C21H18N4O3S2/c1-12-8-9-16(28-12)19-22-14(11-29-19)20(27)25-10-4-6-15(25)18(26)24-21-23-13-5-2-3-7-17(13)30-21/h2-3,5,7-9,11,15H,4,6,10H2,1H3,(H,23,24,26). The summed E-state index contributed by atoms with van der Waals surface area (Å²) < 4.78 is 6.60. The highest BCUT2D eigenvalue weighted by Crippen LogP contribution is 2.29. The number of likely N-dealkylation sites (tertiary alicyclic amines) is 1. The number of nitrogens with zero attached hydrogens (tertiary/aromatic N) is 3. The molecule has 3 aromatic heterocycles. The predicted octanol–water partition coefficient (Wildman–Crippen LogP) is 4.56. The monoisotopic (exact) mass is 438 g/mol. The topological polar surface area (TPSA) is 88.3 Å². The molecule has 1 atom stereocenters. The van der Waals surface area contributed by atoms with Crippen molar-refractivity contribution in [1.29, 1.82) is 0 Å². The Kier molecular flexibility index (Phi) is 4.84. The SMILES string of the molecule is Cc1ccc(-c2nc(C(=O)N3CCCC3C(=O)Nc3nc4ccccc4s3)cs2)o1. The number of thiazole rings is 2. The van der Waals surface area contributed by atoms with Gasteiger partial charge in [0, 0.05) is 11.9 Å². The summed E-state index contributed by atoms with van der Waals surface area (Å²) in [6.45, 7) is 2.39. The van der Waals surface area contributed by atoms with Crippen LogP contribution >= 0.6 is 22.7 Å². The van der Waals surface area contributed by atoms with Crippen molar-refractivity contribution in [1.82, 2.24) is 14.9 Å². The second-order valence-electron chi connectivity index (χ2n) is 7.08. The van der Waals surface area contributed by atoms with Crippen molar-refractivity contribution >= 4 is 49.8 Å². The molecule has 1 aromatic carbocycles. The molecule has 152 valence electrons. The quantitative estimate of drug-likeness (QED) is 0.504. The van der Waals surface area contributed by atoms with Gasteiger partial charge in [-0.1, -0.05) is 23.5 Å². The lowest BCUT2D eigenvalue weighted by atomic mass is 10.2. The molecule has 0 bridgehead atoms. The van der Waals surface area contributed by atoms with Crippen LogP contribution in [0.15, 0.2) is 46.2 Å². The third kappa shape index (κ3) is 3.50. The number of carbonyl (C=O) groups excluding carboxylic acids is 2. The van der Waals surface area contributed by atoms with Crippen LogP contribution in [0.4, 0.5) is 5.13 Å². The first kappa shape index (κ1) is 19.0. The fourth-order valence-corrected chi connectivity index (χ4v) is 5.20. The Labute approximate surface area is 180 Å². The summed E-state index contributed by atoms with van der Waals surface area (Å²) in [5.41, 5.74) is 1.18. The van der Waals surface area contributed by atoms with E-state index in [4.69, 9.17) is 4.42 Å². The number of hydrogen-bond acceptors (Lipinski definition) is 7. The van der Waals surface area contributed by atoms with Crippen LogP contribution in [-0.4, -0.2) is 39.3 Å². The Balaban J connectivity index is 1.32. The molecule has 4 aromatic rings. The van der Waals surface area contributed by atoms with Crippen LogP contribution in [0.2, 0.25) is 0 Å². The Hall–Kier alpha value is -3.04. The molecule has 1 N–H and O–H groups in total. The molecule has 1 saturated heterocycles. The zero-order chi connectivity index (χ0) is 20.7. The van der Waals surface area contributed by atoms with Gasteiger partial charge in [0.25, 0.3) is 5.91 Å². The number of hydrogen-bond donors (Lipinski definition) is 1. The molecule has 2 amide bonds. The third-order valence-corrected chi connectivity index (χ3v) is 6.82. The maximum Gasteiger partial charge on any atom is 0.274 e. The average molecular weight is 439 g/mol. The Bertz CT molecular complexity index is 1210. The van der Waals surface area contributed by atoms with Gasteiger partial charge in [0.1, 0.15) is 17.5 Å². The first-order valence-electron chi connectivity index (χ1n) is 9.58. The predicted molar refractivity (Wildman–Crippen MR) is 117 cm³/mol. The van der Waals surface area contributed by atoms with Crippen LogP contribution in [-0.2, 0) is 4.79 Å². The summed E-state index contributed by atoms with van der Waals surface area (Å²) in [4.78, 5) is 36.4. The fraction of sp³-hybridized carbons (Fsp3) is 0.238. The second kappa shape index (κ2) is 7.66. The number of anilines is 1. The molecule has 4 heterocycles. The number of para-hydroxylation sites is 1. The number of fused-ring (bicyclic) bond motifs is 1. The molecule has 0 aliphatic carbocycles. The molecule has 0 radical (unpaired) electrons. The van der Waals surface area contributed by atoms with Gasteiger partial charge in [-0.25, -0.2) is 9.97 Å². The van der Waals surface area contributed by atoms with Crippen molar-refractivity contribution in [2.75, 3.05) is 11.9 Å². The van der Waals surface area contributed by atoms with Gasteiger partial charge >= 0.3 is 0 Å². The van der Waals surface area contributed by atoms with Crippen molar-refractivity contribution in [3.05, 3.63) is 53.2 Å². The van der Waals surface area contributed by atoms with E-state index in [0.29, 0.717) is 34.6 Å². The molecule has 7 nitrogen and oxygen atoms in total. The van der Waals surface area contributed by atoms with Gasteiger partial charge in [0.05, 0.1) is 10.2 Å². The number of aromatic nitrogens is 2. The highest BCUT2D eigenvalue weighted by atomic mass is 32.1. The lowest BCUT2D eigenvalue weighted by Crippen LogP contribution is -2.43. The number of nitrogens with one attached hydrogen (secondary N) is 1. The largest absolute Gasteiger partial charge is 0.459 e. The van der Waals surface area contributed by atoms with Crippen molar-refractivity contribution in [3.8, 4) is 10.8 Å². The maximum absolute atomic E-state index is 13.1. The molecule has 30 heavy (non-hydrogen) atoms. The van der Waals surface area contributed by atoms with E-state index in [-0.39, 0.29) is 11.8 Å². The lowest BCUT2D eigenvalue weighted by molar-refractivity contribution is -0.119. The highest BCUT2D eigenvalue weighted by molar-refractivity contribution is 7.22. The van der Waals surface area contributed by atoms with Crippen molar-refractivity contribution < 1.29 is 14.0 Å². The zero-order valence-electron chi connectivity index (χ0n) is 16.1. The summed E-state index contributed by atoms with van der Waals surface area (Å²) in [5.74, 6) is 0.988. The smallest absolute Gasteiger partial charge is 0.274 e. The second-order valence-corrected chi connectivity index (χ2v) is 8.97. The van der Waals surface area contributed by atoms with Gasteiger partial charge in [0.15, 0.2) is 15.9 Å². The fourth-order valence-electron chi connectivity index (χ4n) is 3.58. The van der Waals surface area contributed by atoms with Crippen LogP contribution < -0.4 is 5.32 Å². The van der Waals surface area contributed by atoms with E-state index >= 15 is 0 Å². The van der Waals surface area contributed by atoms with E-state index in [0.717, 1.165) is 22.4 Å². The van der Waals surface area contributed by atoms with Gasteiger partial charge < -0.3 is 14.6 Å². The van der Waals surface area contributed by atoms with Gasteiger partial charge in [-0.3, -0.25) is 9.59 Å². The van der Waals surface area contributed by atoms with E-state index in [2.05, 4.69) is 15.3 Å². The minimum absolute atomic E-state index is 0.211. The van der Waals surface area contributed by atoms with Crippen LogP contribution in [0.3, 0.4) is 0 Å². The molecule has 0 spiro atoms. The van der Waals surface area contributed by atoms with Crippen molar-refractivity contribution in [2.24, 2.45) is 0 Å². The van der Waals surface area contributed by atoms with Crippen LogP contribution in [0.1, 0.15) is 29.1 Å². The van der Waals surface area contributed by atoms with Crippen molar-refractivity contribution in [3.63, 3.8) is 0 Å². The molecule has 1 fully saturated rings. The Morgan fingerprint density at radius 2 is 2.07 bits per heavy atom. The normalized spacial score (nSPS) is 16.3. The number of amides is 2. The number of rotatable bonds is 4. The highest BCUT2D eigenvalue weighted by Gasteiger charge is 2.36. The number of furan rings is 1. The molecule has 1 aliphatic rings. The molecule has 5 rings (SSSR count). The first-order valence-corrected chi connectivity index (χ1v) is 11.3. The number of aryl methyl sites for hydroxylation is 1. The lowest BCUT2D eigenvalue weighted by Gasteiger charge is -2.22. The van der Waals surface area contributed by atoms with E-state index in [1.165, 1.54) is 22.7 Å². The maximum atomic E-state index is 13.1. The summed E-state index contributed by atoms with van der Waals surface area (Å²) in [6.07, 6.45) is 1.40. The molecular formula is C21H18N4O3S2. The van der Waals surface area contributed by atoms with E-state index in [1.807, 2.05) is 43.3 Å². The van der Waals surface area contributed by atoms with Gasteiger partial charge in [0.2, 0.25) is 5.91 Å². The van der Waals surface area contributed by atoms with Crippen molar-refractivity contribution in [2.45, 2.75) is 25.8 Å². The van der Waals surface area contributed by atoms with Gasteiger partial charge in [-0.05, 0) is 44.0 Å². The minimum Gasteiger partial charge on any atom is -0.459 e. The van der Waals surface area contributed by atoms with Crippen LogP contribution in [0.5, 0.6) is 0 Å². The Morgan fingerprint density at radius 3 is 2.87 bits per heavy atom. The zero-order valence-corrected chi connectivity index (χ0v) is 17.8. The first-order chi connectivity index (χ1) is 14.6. The van der Waals surface area contributed by atoms with E-state index < -0.39 is 6.04 Å². The number of carbonyl (C=O) groups is 2. The molecule has 9 heteroatoms.